The lowest BCUT2D eigenvalue weighted by Crippen LogP contribution is -2.37. The molecule has 174 valence electrons. The first-order valence-electron chi connectivity index (χ1n) is 11.2. The molecule has 2 atom stereocenters. The topological polar surface area (TPSA) is 116 Å². The predicted octanol–water partition coefficient (Wildman–Crippen LogP) is 2.60. The molecule has 0 spiro atoms. The molecule has 1 aliphatic heterocycles. The maximum atomic E-state index is 12.3. The van der Waals surface area contributed by atoms with Crippen LogP contribution in [-0.2, 0) is 14.3 Å². The highest BCUT2D eigenvalue weighted by molar-refractivity contribution is 5.79. The number of carboxylic acids is 1. The average molecular weight is 453 g/mol. The Labute approximate surface area is 192 Å². The second kappa shape index (κ2) is 10.0. The quantitative estimate of drug-likeness (QED) is 0.567. The van der Waals surface area contributed by atoms with Crippen molar-refractivity contribution in [3.05, 3.63) is 59.7 Å². The summed E-state index contributed by atoms with van der Waals surface area (Å²) in [6.07, 6.45) is -1.15. The summed E-state index contributed by atoms with van der Waals surface area (Å²) in [6.45, 7) is 0.948. The highest BCUT2D eigenvalue weighted by Crippen LogP contribution is 2.44. The molecule has 1 fully saturated rings. The third-order valence-corrected chi connectivity index (χ3v) is 6.34. The number of rotatable bonds is 8. The third-order valence-electron chi connectivity index (χ3n) is 6.34. The van der Waals surface area contributed by atoms with Crippen molar-refractivity contribution in [3.8, 4) is 11.1 Å². The number of nitrogens with zero attached hydrogens (tertiary/aromatic N) is 1. The van der Waals surface area contributed by atoms with Gasteiger partial charge in [-0.25, -0.2) is 4.79 Å². The molecule has 2 aromatic carbocycles. The van der Waals surface area contributed by atoms with Gasteiger partial charge in [0, 0.05) is 32.0 Å². The normalized spacial score (nSPS) is 17.8. The van der Waals surface area contributed by atoms with E-state index in [1.165, 1.54) is 0 Å². The number of carboxylic acid groups (broad SMARTS) is 1. The van der Waals surface area contributed by atoms with Crippen LogP contribution in [0.1, 0.15) is 36.3 Å². The van der Waals surface area contributed by atoms with Gasteiger partial charge in [-0.05, 0) is 34.6 Å². The van der Waals surface area contributed by atoms with Crippen LogP contribution >= 0.6 is 0 Å². The number of fused-ring (bicyclic) bond motifs is 3. The summed E-state index contributed by atoms with van der Waals surface area (Å²) in [5.41, 5.74) is 4.51. The zero-order valence-corrected chi connectivity index (χ0v) is 18.3. The van der Waals surface area contributed by atoms with Gasteiger partial charge >= 0.3 is 12.1 Å². The number of aliphatic hydroxyl groups is 1. The average Bonchev–Trinajstić information content (AvgIpc) is 3.38. The number of amides is 2. The fourth-order valence-corrected chi connectivity index (χ4v) is 4.73. The van der Waals surface area contributed by atoms with Crippen LogP contribution in [-0.4, -0.2) is 65.4 Å². The van der Waals surface area contributed by atoms with Gasteiger partial charge in [-0.15, -0.1) is 0 Å². The number of aliphatic carboxylic acids is 1. The Hall–Kier alpha value is -3.39. The molecule has 2 aliphatic rings. The van der Waals surface area contributed by atoms with Crippen molar-refractivity contribution >= 4 is 18.0 Å². The van der Waals surface area contributed by atoms with Crippen LogP contribution in [0.3, 0.4) is 0 Å². The summed E-state index contributed by atoms with van der Waals surface area (Å²) in [5, 5.41) is 21.6. The highest BCUT2D eigenvalue weighted by atomic mass is 16.5. The van der Waals surface area contributed by atoms with E-state index in [4.69, 9.17) is 9.84 Å². The van der Waals surface area contributed by atoms with Gasteiger partial charge in [0.2, 0.25) is 5.91 Å². The summed E-state index contributed by atoms with van der Waals surface area (Å²) in [4.78, 5) is 37.0. The first kappa shape index (κ1) is 22.8. The SMILES string of the molecule is O=C(O)CC1CCN(C(=O)CC(O)CNC(=O)OCC2c3ccccc3-c3ccccc32)C1. The van der Waals surface area contributed by atoms with E-state index in [2.05, 4.69) is 17.4 Å². The maximum Gasteiger partial charge on any atom is 0.407 e. The Kier molecular flexibility index (Phi) is 6.93. The molecule has 0 saturated carbocycles. The van der Waals surface area contributed by atoms with Gasteiger partial charge < -0.3 is 25.2 Å². The number of ether oxygens (including phenoxy) is 1. The molecule has 0 radical (unpaired) electrons. The Morgan fingerprint density at radius 1 is 1.06 bits per heavy atom. The van der Waals surface area contributed by atoms with Crippen LogP contribution in [0.15, 0.2) is 48.5 Å². The van der Waals surface area contributed by atoms with Gasteiger partial charge in [0.05, 0.1) is 12.5 Å². The zero-order valence-electron chi connectivity index (χ0n) is 18.3. The summed E-state index contributed by atoms with van der Waals surface area (Å²) >= 11 is 0. The van der Waals surface area contributed by atoms with Gasteiger partial charge in [-0.3, -0.25) is 9.59 Å². The molecule has 1 heterocycles. The molecule has 2 aromatic rings. The van der Waals surface area contributed by atoms with E-state index in [0.717, 1.165) is 22.3 Å². The van der Waals surface area contributed by atoms with E-state index >= 15 is 0 Å². The molecule has 33 heavy (non-hydrogen) atoms. The number of hydrogen-bond donors (Lipinski definition) is 3. The summed E-state index contributed by atoms with van der Waals surface area (Å²) in [7, 11) is 0. The molecular formula is C25H28N2O6. The first-order chi connectivity index (χ1) is 15.9. The number of carbonyl (C=O) groups excluding carboxylic acids is 2. The molecule has 3 N–H and O–H groups in total. The van der Waals surface area contributed by atoms with Crippen molar-refractivity contribution in [2.45, 2.75) is 31.3 Å². The number of alkyl carbamates (subject to hydrolysis) is 1. The number of benzene rings is 2. The molecule has 1 aliphatic carbocycles. The molecule has 1 saturated heterocycles. The second-order valence-electron chi connectivity index (χ2n) is 8.66. The predicted molar refractivity (Wildman–Crippen MR) is 121 cm³/mol. The van der Waals surface area contributed by atoms with E-state index in [-0.39, 0.29) is 43.7 Å². The Balaban J connectivity index is 1.22. The Bertz CT molecular complexity index is 994. The van der Waals surface area contributed by atoms with Crippen molar-refractivity contribution in [2.24, 2.45) is 5.92 Å². The van der Waals surface area contributed by atoms with Crippen LogP contribution in [0.5, 0.6) is 0 Å². The van der Waals surface area contributed by atoms with Crippen molar-refractivity contribution in [1.82, 2.24) is 10.2 Å². The number of likely N-dealkylation sites (tertiary alicyclic amines) is 1. The summed E-state index contributed by atoms with van der Waals surface area (Å²) in [6, 6.07) is 16.1. The molecule has 4 rings (SSSR count). The van der Waals surface area contributed by atoms with Crippen LogP contribution in [0.25, 0.3) is 11.1 Å². The first-order valence-corrected chi connectivity index (χ1v) is 11.2. The lowest BCUT2D eigenvalue weighted by Gasteiger charge is -2.19. The van der Waals surface area contributed by atoms with E-state index in [0.29, 0.717) is 19.5 Å². The fourth-order valence-electron chi connectivity index (χ4n) is 4.73. The third kappa shape index (κ3) is 5.34. The zero-order chi connectivity index (χ0) is 23.4. The van der Waals surface area contributed by atoms with E-state index in [9.17, 15) is 19.5 Å². The van der Waals surface area contributed by atoms with Crippen LogP contribution in [0.4, 0.5) is 4.79 Å². The maximum absolute atomic E-state index is 12.3. The van der Waals surface area contributed by atoms with Gasteiger partial charge in [-0.1, -0.05) is 48.5 Å². The van der Waals surface area contributed by atoms with E-state index < -0.39 is 18.2 Å². The standard InChI is InChI=1S/C25H28N2O6/c28-17(12-23(29)27-10-9-16(14-27)11-24(30)31)13-26-25(32)33-15-22-20-7-3-1-5-18(20)19-6-2-4-8-21(19)22/h1-8,16-17,22,28H,9-15H2,(H,26,32)(H,30,31). The Morgan fingerprint density at radius 2 is 1.70 bits per heavy atom. The summed E-state index contributed by atoms with van der Waals surface area (Å²) < 4.78 is 5.43. The van der Waals surface area contributed by atoms with Crippen LogP contribution in [0.2, 0.25) is 0 Å². The monoisotopic (exact) mass is 452 g/mol. The molecule has 0 bridgehead atoms. The van der Waals surface area contributed by atoms with Crippen molar-refractivity contribution in [3.63, 3.8) is 0 Å². The van der Waals surface area contributed by atoms with Crippen molar-refractivity contribution in [2.75, 3.05) is 26.2 Å². The Morgan fingerprint density at radius 3 is 2.33 bits per heavy atom. The molecule has 2 amide bonds. The fraction of sp³-hybridized carbons (Fsp3) is 0.400. The van der Waals surface area contributed by atoms with Gasteiger partial charge in [0.1, 0.15) is 6.61 Å². The van der Waals surface area contributed by atoms with Crippen LogP contribution < -0.4 is 5.32 Å². The molecule has 0 aromatic heterocycles. The largest absolute Gasteiger partial charge is 0.481 e. The molecule has 2 unspecified atom stereocenters. The van der Waals surface area contributed by atoms with Gasteiger partial charge in [0.25, 0.3) is 0 Å². The highest BCUT2D eigenvalue weighted by Gasteiger charge is 2.30. The molecular weight excluding hydrogens is 424 g/mol. The van der Waals surface area contributed by atoms with Crippen LogP contribution in [0, 0.1) is 5.92 Å². The number of carbonyl (C=O) groups is 3. The van der Waals surface area contributed by atoms with Crippen molar-refractivity contribution in [1.29, 1.82) is 0 Å². The number of hydrogen-bond acceptors (Lipinski definition) is 5. The minimum Gasteiger partial charge on any atom is -0.481 e. The lowest BCUT2D eigenvalue weighted by atomic mass is 9.98. The smallest absolute Gasteiger partial charge is 0.407 e. The molecule has 8 heteroatoms. The second-order valence-corrected chi connectivity index (χ2v) is 8.66. The lowest BCUT2D eigenvalue weighted by molar-refractivity contribution is -0.138. The summed E-state index contributed by atoms with van der Waals surface area (Å²) in [5.74, 6) is -1.22. The number of aliphatic hydroxyl groups excluding tert-OH is 1. The van der Waals surface area contributed by atoms with Crippen molar-refractivity contribution < 1.29 is 29.3 Å². The minimum atomic E-state index is -1.04. The minimum absolute atomic E-state index is 0.0374. The van der Waals surface area contributed by atoms with Gasteiger partial charge in [-0.2, -0.15) is 0 Å². The number of nitrogens with one attached hydrogen (secondary N) is 1. The van der Waals surface area contributed by atoms with E-state index in [1.807, 2.05) is 36.4 Å². The van der Waals surface area contributed by atoms with E-state index in [1.54, 1.807) is 4.90 Å². The molecule has 8 nitrogen and oxygen atoms in total. The van der Waals surface area contributed by atoms with Gasteiger partial charge in [0.15, 0.2) is 0 Å².